The van der Waals surface area contributed by atoms with Gasteiger partial charge in [-0.3, -0.25) is 0 Å². The maximum Gasteiger partial charge on any atom is 0.191 e. The average molecular weight is 315 g/mol. The third-order valence-electron chi connectivity index (χ3n) is 3.21. The fourth-order valence-corrected chi connectivity index (χ4v) is 2.18. The molecule has 0 amide bonds. The van der Waals surface area contributed by atoms with Crippen LogP contribution in [0, 0.1) is 0 Å². The molecule has 0 radical (unpaired) electrons. The van der Waals surface area contributed by atoms with Crippen molar-refractivity contribution in [3.8, 4) is 5.69 Å². The van der Waals surface area contributed by atoms with Gasteiger partial charge in [-0.2, -0.15) is 5.10 Å². The number of aromatic nitrogens is 2. The molecule has 0 bridgehead atoms. The first-order valence-corrected chi connectivity index (χ1v) is 7.86. The Hall–Kier alpha value is -2.34. The Bertz CT molecular complexity index is 608. The Kier molecular flexibility index (Phi) is 6.62. The van der Waals surface area contributed by atoms with Gasteiger partial charge in [0.1, 0.15) is 0 Å². The van der Waals surface area contributed by atoms with Gasteiger partial charge in [-0.25, -0.2) is 9.67 Å². The fraction of sp³-hybridized carbons (Fsp3) is 0.412. The first-order valence-electron chi connectivity index (χ1n) is 7.86. The molecule has 1 unspecified atom stereocenters. The average Bonchev–Trinajstić information content (AvgIpc) is 3.03. The predicted molar refractivity (Wildman–Crippen MR) is 92.9 cm³/mol. The van der Waals surface area contributed by atoms with Gasteiger partial charge in [-0.15, -0.1) is 0 Å². The van der Waals surface area contributed by atoms with Gasteiger partial charge in [0, 0.05) is 25.9 Å². The molecule has 1 aromatic heterocycles. The predicted octanol–water partition coefficient (Wildman–Crippen LogP) is 1.96. The lowest BCUT2D eigenvalue weighted by Gasteiger charge is -2.16. The highest BCUT2D eigenvalue weighted by atomic mass is 16.5. The molecule has 0 fully saturated rings. The molecule has 0 saturated carbocycles. The minimum absolute atomic E-state index is 0.194. The van der Waals surface area contributed by atoms with Crippen molar-refractivity contribution in [1.82, 2.24) is 20.4 Å². The summed E-state index contributed by atoms with van der Waals surface area (Å²) in [6.45, 7) is 6.06. The van der Waals surface area contributed by atoms with E-state index in [1.54, 1.807) is 7.11 Å². The van der Waals surface area contributed by atoms with Gasteiger partial charge < -0.3 is 15.4 Å². The highest BCUT2D eigenvalue weighted by molar-refractivity contribution is 5.80. The van der Waals surface area contributed by atoms with Crippen molar-refractivity contribution in [2.45, 2.75) is 26.4 Å². The molecule has 1 aromatic carbocycles. The van der Waals surface area contributed by atoms with E-state index in [2.05, 4.69) is 27.6 Å². The summed E-state index contributed by atoms with van der Waals surface area (Å²) in [4.78, 5) is 4.58. The molecule has 2 N–H and O–H groups in total. The van der Waals surface area contributed by atoms with Crippen LogP contribution in [0.2, 0.25) is 0 Å². The Morgan fingerprint density at radius 3 is 2.78 bits per heavy atom. The van der Waals surface area contributed by atoms with Crippen LogP contribution in [-0.2, 0) is 11.3 Å². The normalized spacial score (nSPS) is 12.9. The number of nitrogens with one attached hydrogen (secondary N) is 2. The third kappa shape index (κ3) is 5.41. The third-order valence-corrected chi connectivity index (χ3v) is 3.21. The van der Waals surface area contributed by atoms with Crippen LogP contribution in [0.4, 0.5) is 0 Å². The molecule has 0 aliphatic rings. The van der Waals surface area contributed by atoms with E-state index < -0.39 is 0 Å². The molecule has 6 nitrogen and oxygen atoms in total. The van der Waals surface area contributed by atoms with E-state index in [0.717, 1.165) is 23.9 Å². The summed E-state index contributed by atoms with van der Waals surface area (Å²) in [5.41, 5.74) is 1.96. The first kappa shape index (κ1) is 17.0. The number of rotatable bonds is 7. The Morgan fingerprint density at radius 2 is 2.09 bits per heavy atom. The van der Waals surface area contributed by atoms with E-state index in [9.17, 15) is 0 Å². The summed E-state index contributed by atoms with van der Waals surface area (Å²) in [5, 5.41) is 11.1. The highest BCUT2D eigenvalue weighted by Gasteiger charge is 2.05. The van der Waals surface area contributed by atoms with Gasteiger partial charge in [0.2, 0.25) is 0 Å². The largest absolute Gasteiger partial charge is 0.383 e. The van der Waals surface area contributed by atoms with E-state index in [1.165, 1.54) is 0 Å². The van der Waals surface area contributed by atoms with E-state index in [-0.39, 0.29) is 6.04 Å². The van der Waals surface area contributed by atoms with Gasteiger partial charge in [0.15, 0.2) is 5.96 Å². The minimum atomic E-state index is 0.194. The number of guanidine groups is 1. The quantitative estimate of drug-likeness (QED) is 0.606. The van der Waals surface area contributed by atoms with Crippen molar-refractivity contribution >= 4 is 5.96 Å². The molecule has 2 aromatic rings. The van der Waals surface area contributed by atoms with Crippen LogP contribution in [0.5, 0.6) is 0 Å². The Balaban J connectivity index is 2.00. The number of hydrogen-bond donors (Lipinski definition) is 2. The van der Waals surface area contributed by atoms with Crippen molar-refractivity contribution in [3.63, 3.8) is 0 Å². The molecule has 124 valence electrons. The van der Waals surface area contributed by atoms with Crippen LogP contribution in [0.3, 0.4) is 0 Å². The zero-order valence-corrected chi connectivity index (χ0v) is 14.0. The lowest BCUT2D eigenvalue weighted by molar-refractivity contribution is 0.179. The van der Waals surface area contributed by atoms with Crippen molar-refractivity contribution in [1.29, 1.82) is 0 Å². The van der Waals surface area contributed by atoms with Gasteiger partial charge in [-0.1, -0.05) is 18.2 Å². The second-order valence-corrected chi connectivity index (χ2v) is 5.28. The van der Waals surface area contributed by atoms with Crippen LogP contribution in [0.15, 0.2) is 47.6 Å². The molecule has 6 heteroatoms. The van der Waals surface area contributed by atoms with Gasteiger partial charge >= 0.3 is 0 Å². The monoisotopic (exact) mass is 315 g/mol. The lowest BCUT2D eigenvalue weighted by Crippen LogP contribution is -2.43. The Morgan fingerprint density at radius 1 is 1.30 bits per heavy atom. The molecular formula is C17H25N5O. The second kappa shape index (κ2) is 8.95. The number of para-hydroxylation sites is 1. The van der Waals surface area contributed by atoms with Gasteiger partial charge in [0.05, 0.1) is 24.5 Å². The molecule has 1 heterocycles. The van der Waals surface area contributed by atoms with Crippen molar-refractivity contribution < 1.29 is 4.74 Å². The van der Waals surface area contributed by atoms with E-state index in [1.807, 2.05) is 54.2 Å². The summed E-state index contributed by atoms with van der Waals surface area (Å²) < 4.78 is 7.00. The topological polar surface area (TPSA) is 63.5 Å². The number of methoxy groups -OCH3 is 1. The molecule has 1 atom stereocenters. The van der Waals surface area contributed by atoms with Crippen molar-refractivity contribution in [3.05, 3.63) is 48.3 Å². The summed E-state index contributed by atoms with van der Waals surface area (Å²) in [7, 11) is 1.69. The standard InChI is InChI=1S/C17H25N5O/c1-4-18-17(20-14(2)13-23-3)19-12-15-10-11-22(21-15)16-8-6-5-7-9-16/h5-11,14H,4,12-13H2,1-3H3,(H2,18,19,20). The molecule has 2 rings (SSSR count). The molecule has 23 heavy (non-hydrogen) atoms. The van der Waals surface area contributed by atoms with Crippen LogP contribution in [0.25, 0.3) is 5.69 Å². The van der Waals surface area contributed by atoms with E-state index in [4.69, 9.17) is 4.74 Å². The minimum Gasteiger partial charge on any atom is -0.383 e. The number of nitrogens with zero attached hydrogens (tertiary/aromatic N) is 3. The Labute approximate surface area is 137 Å². The SMILES string of the molecule is CCNC(=NCc1ccn(-c2ccccc2)n1)NC(C)COC. The lowest BCUT2D eigenvalue weighted by atomic mass is 10.3. The number of ether oxygens (including phenoxy) is 1. The second-order valence-electron chi connectivity index (χ2n) is 5.28. The number of aliphatic imine (C=N–C) groups is 1. The highest BCUT2D eigenvalue weighted by Crippen LogP contribution is 2.07. The molecule has 0 aliphatic heterocycles. The molecule has 0 aliphatic carbocycles. The zero-order valence-electron chi connectivity index (χ0n) is 14.0. The summed E-state index contributed by atoms with van der Waals surface area (Å²) in [6, 6.07) is 12.2. The molecule has 0 saturated heterocycles. The van der Waals surface area contributed by atoms with E-state index in [0.29, 0.717) is 13.2 Å². The number of benzene rings is 1. The smallest absolute Gasteiger partial charge is 0.191 e. The van der Waals surface area contributed by atoms with Crippen molar-refractivity contribution in [2.24, 2.45) is 4.99 Å². The summed E-state index contributed by atoms with van der Waals surface area (Å²) in [5.74, 6) is 0.770. The van der Waals surface area contributed by atoms with Crippen LogP contribution < -0.4 is 10.6 Å². The van der Waals surface area contributed by atoms with Crippen LogP contribution in [0.1, 0.15) is 19.5 Å². The van der Waals surface area contributed by atoms with Crippen LogP contribution in [-0.4, -0.2) is 42.0 Å². The summed E-state index contributed by atoms with van der Waals surface area (Å²) >= 11 is 0. The van der Waals surface area contributed by atoms with E-state index >= 15 is 0 Å². The zero-order chi connectivity index (χ0) is 16.5. The van der Waals surface area contributed by atoms with Gasteiger partial charge in [-0.05, 0) is 32.0 Å². The number of hydrogen-bond acceptors (Lipinski definition) is 3. The first-order chi connectivity index (χ1) is 11.2. The van der Waals surface area contributed by atoms with Crippen molar-refractivity contribution in [2.75, 3.05) is 20.3 Å². The molecule has 0 spiro atoms. The van der Waals surface area contributed by atoms with Gasteiger partial charge in [0.25, 0.3) is 0 Å². The maximum atomic E-state index is 5.14. The fourth-order valence-electron chi connectivity index (χ4n) is 2.18. The molecular weight excluding hydrogens is 290 g/mol. The summed E-state index contributed by atoms with van der Waals surface area (Å²) in [6.07, 6.45) is 1.95. The van der Waals surface area contributed by atoms with Crippen LogP contribution >= 0.6 is 0 Å². The maximum absolute atomic E-state index is 5.14.